The third-order valence-electron chi connectivity index (χ3n) is 7.15. The van der Waals surface area contributed by atoms with E-state index in [0.717, 1.165) is 60.5 Å². The summed E-state index contributed by atoms with van der Waals surface area (Å²) in [5, 5.41) is 4.56. The van der Waals surface area contributed by atoms with Gasteiger partial charge in [0.2, 0.25) is 5.91 Å². The summed E-state index contributed by atoms with van der Waals surface area (Å²) in [5.41, 5.74) is 4.37. The van der Waals surface area contributed by atoms with Crippen LogP contribution < -0.4 is 15.0 Å². The van der Waals surface area contributed by atoms with E-state index in [2.05, 4.69) is 40.6 Å². The second kappa shape index (κ2) is 9.92. The molecular weight excluding hydrogens is 410 g/mol. The standard InChI is InChI=1S/C28H33N3O2/c1-20-10-11-25-26(30-20)7-3-8-27(25)33-18-14-24(21-12-15-29-16-13-21)22-5-2-6-23(19-22)31-17-4-9-28(31)32/h2-3,5-8,10-11,19,21,24,29H,4,9,12-18H2,1H3. The highest BCUT2D eigenvalue weighted by Crippen LogP contribution is 2.36. The number of anilines is 1. The molecule has 172 valence electrons. The number of benzene rings is 2. The van der Waals surface area contributed by atoms with E-state index in [1.807, 2.05) is 36.1 Å². The molecule has 5 rings (SSSR count). The molecule has 0 radical (unpaired) electrons. The van der Waals surface area contributed by atoms with Gasteiger partial charge in [0.05, 0.1) is 12.1 Å². The summed E-state index contributed by atoms with van der Waals surface area (Å²) in [6.45, 7) is 5.65. The van der Waals surface area contributed by atoms with Gasteiger partial charge in [0, 0.05) is 29.7 Å². The predicted molar refractivity (Wildman–Crippen MR) is 133 cm³/mol. The summed E-state index contributed by atoms with van der Waals surface area (Å²) < 4.78 is 6.33. The van der Waals surface area contributed by atoms with Crippen LogP contribution in [-0.4, -0.2) is 37.1 Å². The van der Waals surface area contributed by atoms with Crippen LogP contribution in [0.15, 0.2) is 54.6 Å². The number of nitrogens with one attached hydrogen (secondary N) is 1. The lowest BCUT2D eigenvalue weighted by Crippen LogP contribution is -2.31. The zero-order valence-corrected chi connectivity index (χ0v) is 19.4. The van der Waals surface area contributed by atoms with E-state index in [1.54, 1.807) is 0 Å². The Hall–Kier alpha value is -2.92. The topological polar surface area (TPSA) is 54.5 Å². The molecule has 3 aromatic rings. The molecule has 0 bridgehead atoms. The lowest BCUT2D eigenvalue weighted by atomic mass is 9.78. The summed E-state index contributed by atoms with van der Waals surface area (Å²) in [4.78, 5) is 18.9. The predicted octanol–water partition coefficient (Wildman–Crippen LogP) is 5.22. The van der Waals surface area contributed by atoms with Crippen LogP contribution in [0, 0.1) is 12.8 Å². The van der Waals surface area contributed by atoms with Gasteiger partial charge in [-0.1, -0.05) is 18.2 Å². The number of nitrogens with zero attached hydrogens (tertiary/aromatic N) is 2. The van der Waals surface area contributed by atoms with Crippen molar-refractivity contribution in [3.8, 4) is 5.75 Å². The van der Waals surface area contributed by atoms with E-state index >= 15 is 0 Å². The second-order valence-electron chi connectivity index (χ2n) is 9.35. The molecule has 0 saturated carbocycles. The molecular formula is C28H33N3O2. The lowest BCUT2D eigenvalue weighted by molar-refractivity contribution is -0.117. The van der Waals surface area contributed by atoms with Crippen molar-refractivity contribution in [3.05, 3.63) is 65.9 Å². The van der Waals surface area contributed by atoms with Crippen molar-refractivity contribution in [2.75, 3.05) is 31.1 Å². The summed E-state index contributed by atoms with van der Waals surface area (Å²) >= 11 is 0. The normalized spacial score (nSPS) is 18.1. The Morgan fingerprint density at radius 2 is 1.97 bits per heavy atom. The van der Waals surface area contributed by atoms with Crippen molar-refractivity contribution >= 4 is 22.5 Å². The molecule has 0 spiro atoms. The van der Waals surface area contributed by atoms with Crippen LogP contribution in [0.5, 0.6) is 5.75 Å². The number of aromatic nitrogens is 1. The van der Waals surface area contributed by atoms with Crippen molar-refractivity contribution in [2.45, 2.75) is 44.9 Å². The number of carbonyl (C=O) groups is 1. The van der Waals surface area contributed by atoms with Crippen molar-refractivity contribution in [1.82, 2.24) is 10.3 Å². The number of amides is 1. The third kappa shape index (κ3) is 4.88. The molecule has 5 heteroatoms. The van der Waals surface area contributed by atoms with E-state index in [1.165, 1.54) is 18.4 Å². The quantitative estimate of drug-likeness (QED) is 0.544. The first-order valence-electron chi connectivity index (χ1n) is 12.3. The Bertz CT molecular complexity index is 1120. The first kappa shape index (κ1) is 21.9. The first-order chi connectivity index (χ1) is 16.2. The Labute approximate surface area is 196 Å². The third-order valence-corrected chi connectivity index (χ3v) is 7.15. The fourth-order valence-electron chi connectivity index (χ4n) is 5.42. The van der Waals surface area contributed by atoms with Gasteiger partial charge in [0.15, 0.2) is 0 Å². The zero-order chi connectivity index (χ0) is 22.6. The van der Waals surface area contributed by atoms with Gasteiger partial charge >= 0.3 is 0 Å². The van der Waals surface area contributed by atoms with E-state index in [9.17, 15) is 4.79 Å². The minimum absolute atomic E-state index is 0.244. The van der Waals surface area contributed by atoms with E-state index in [0.29, 0.717) is 24.9 Å². The number of pyridine rings is 1. The molecule has 1 unspecified atom stereocenters. The number of ether oxygens (including phenoxy) is 1. The summed E-state index contributed by atoms with van der Waals surface area (Å²) in [6.07, 6.45) is 4.92. The molecule has 2 aromatic carbocycles. The number of hydrogen-bond acceptors (Lipinski definition) is 4. The van der Waals surface area contributed by atoms with Crippen LogP contribution in [0.1, 0.15) is 49.3 Å². The molecule has 1 amide bonds. The van der Waals surface area contributed by atoms with Crippen molar-refractivity contribution in [1.29, 1.82) is 0 Å². The molecule has 2 fully saturated rings. The van der Waals surface area contributed by atoms with Gasteiger partial charge in [-0.05, 0) is 99.5 Å². The Balaban J connectivity index is 1.35. The molecule has 1 N–H and O–H groups in total. The SMILES string of the molecule is Cc1ccc2c(OCCC(c3cccc(N4CCCC4=O)c3)C3CCNCC3)cccc2n1. The Kier molecular flexibility index (Phi) is 6.58. The van der Waals surface area contributed by atoms with E-state index < -0.39 is 0 Å². The molecule has 5 nitrogen and oxygen atoms in total. The van der Waals surface area contributed by atoms with Gasteiger partial charge in [0.1, 0.15) is 5.75 Å². The summed E-state index contributed by atoms with van der Waals surface area (Å²) in [5.74, 6) is 2.19. The van der Waals surface area contributed by atoms with Gasteiger partial charge in [-0.25, -0.2) is 0 Å². The fourth-order valence-corrected chi connectivity index (χ4v) is 5.42. The summed E-state index contributed by atoms with van der Waals surface area (Å²) in [7, 11) is 0. The monoisotopic (exact) mass is 443 g/mol. The smallest absolute Gasteiger partial charge is 0.227 e. The molecule has 1 aromatic heterocycles. The summed E-state index contributed by atoms with van der Waals surface area (Å²) in [6, 6.07) is 18.9. The Morgan fingerprint density at radius 3 is 2.79 bits per heavy atom. The van der Waals surface area contributed by atoms with Crippen LogP contribution in [0.3, 0.4) is 0 Å². The van der Waals surface area contributed by atoms with Crippen molar-refractivity contribution < 1.29 is 9.53 Å². The molecule has 33 heavy (non-hydrogen) atoms. The zero-order valence-electron chi connectivity index (χ0n) is 19.4. The van der Waals surface area contributed by atoms with E-state index in [4.69, 9.17) is 4.74 Å². The largest absolute Gasteiger partial charge is 0.493 e. The van der Waals surface area contributed by atoms with Crippen LogP contribution >= 0.6 is 0 Å². The van der Waals surface area contributed by atoms with Crippen LogP contribution in [-0.2, 0) is 4.79 Å². The fraction of sp³-hybridized carbons (Fsp3) is 0.429. The highest BCUT2D eigenvalue weighted by atomic mass is 16.5. The van der Waals surface area contributed by atoms with Gasteiger partial charge in [-0.3, -0.25) is 9.78 Å². The molecule has 2 aliphatic heterocycles. The number of piperidine rings is 1. The van der Waals surface area contributed by atoms with Gasteiger partial charge in [-0.15, -0.1) is 0 Å². The van der Waals surface area contributed by atoms with Gasteiger partial charge in [-0.2, -0.15) is 0 Å². The first-order valence-corrected chi connectivity index (χ1v) is 12.3. The molecule has 0 aliphatic carbocycles. The maximum Gasteiger partial charge on any atom is 0.227 e. The minimum atomic E-state index is 0.244. The van der Waals surface area contributed by atoms with Gasteiger partial charge < -0.3 is 15.0 Å². The Morgan fingerprint density at radius 1 is 1.12 bits per heavy atom. The average molecular weight is 444 g/mol. The number of fused-ring (bicyclic) bond motifs is 1. The molecule has 2 aliphatic rings. The minimum Gasteiger partial charge on any atom is -0.493 e. The number of carbonyl (C=O) groups excluding carboxylic acids is 1. The molecule has 1 atom stereocenters. The van der Waals surface area contributed by atoms with Crippen LogP contribution in [0.2, 0.25) is 0 Å². The average Bonchev–Trinajstić information content (AvgIpc) is 3.28. The van der Waals surface area contributed by atoms with E-state index in [-0.39, 0.29) is 5.91 Å². The highest BCUT2D eigenvalue weighted by molar-refractivity contribution is 5.95. The number of aryl methyl sites for hydroxylation is 1. The number of rotatable bonds is 7. The van der Waals surface area contributed by atoms with Crippen molar-refractivity contribution in [3.63, 3.8) is 0 Å². The maximum atomic E-state index is 12.3. The van der Waals surface area contributed by atoms with Crippen molar-refractivity contribution in [2.24, 2.45) is 5.92 Å². The van der Waals surface area contributed by atoms with Crippen LogP contribution in [0.25, 0.3) is 10.9 Å². The van der Waals surface area contributed by atoms with Crippen LogP contribution in [0.4, 0.5) is 5.69 Å². The second-order valence-corrected chi connectivity index (χ2v) is 9.35. The maximum absolute atomic E-state index is 12.3. The molecule has 2 saturated heterocycles. The lowest BCUT2D eigenvalue weighted by Gasteiger charge is -2.32. The highest BCUT2D eigenvalue weighted by Gasteiger charge is 2.27. The van der Waals surface area contributed by atoms with Gasteiger partial charge in [0.25, 0.3) is 0 Å². The molecule has 3 heterocycles. The number of hydrogen-bond donors (Lipinski definition) is 1.